The highest BCUT2D eigenvalue weighted by atomic mass is 16.2. The fourth-order valence-electron chi connectivity index (χ4n) is 3.53. The van der Waals surface area contributed by atoms with Gasteiger partial charge in [0.1, 0.15) is 6.04 Å². The summed E-state index contributed by atoms with van der Waals surface area (Å²) < 4.78 is 0. The van der Waals surface area contributed by atoms with E-state index in [-0.39, 0.29) is 11.9 Å². The summed E-state index contributed by atoms with van der Waals surface area (Å²) in [6.45, 7) is 2.01. The van der Waals surface area contributed by atoms with Gasteiger partial charge in [0.15, 0.2) is 0 Å². The van der Waals surface area contributed by atoms with E-state index in [1.54, 1.807) is 17.0 Å². The van der Waals surface area contributed by atoms with E-state index in [9.17, 15) is 9.59 Å². The Morgan fingerprint density at radius 3 is 1.71 bits per heavy atom. The highest BCUT2D eigenvalue weighted by molar-refractivity contribution is 5.98. The summed E-state index contributed by atoms with van der Waals surface area (Å²) in [6.07, 6.45) is 0.652. The van der Waals surface area contributed by atoms with Crippen LogP contribution in [0.1, 0.15) is 46.9 Å². The molecule has 4 heteroatoms. The van der Waals surface area contributed by atoms with Crippen molar-refractivity contribution in [1.82, 2.24) is 4.90 Å². The molecule has 0 heterocycles. The molecule has 2 amide bonds. The molecule has 3 rings (SSSR count). The molecular formula is C24H24N2O2. The number of benzene rings is 3. The maximum Gasteiger partial charge on any atom is 0.255 e. The van der Waals surface area contributed by atoms with Crippen molar-refractivity contribution in [3.63, 3.8) is 0 Å². The van der Waals surface area contributed by atoms with Crippen LogP contribution in [0.4, 0.5) is 0 Å². The third kappa shape index (κ3) is 4.12. The molecular weight excluding hydrogens is 348 g/mol. The Morgan fingerprint density at radius 2 is 1.25 bits per heavy atom. The van der Waals surface area contributed by atoms with Crippen LogP contribution in [0.25, 0.3) is 0 Å². The van der Waals surface area contributed by atoms with Gasteiger partial charge in [-0.3, -0.25) is 9.59 Å². The molecule has 0 aromatic heterocycles. The predicted octanol–water partition coefficient (Wildman–Crippen LogP) is 4.51. The summed E-state index contributed by atoms with van der Waals surface area (Å²) in [7, 11) is 0. The molecule has 0 fully saturated rings. The molecule has 3 aromatic carbocycles. The third-order valence-corrected chi connectivity index (χ3v) is 4.83. The van der Waals surface area contributed by atoms with Gasteiger partial charge in [-0.25, -0.2) is 0 Å². The Kier molecular flexibility index (Phi) is 6.22. The van der Waals surface area contributed by atoms with Crippen LogP contribution in [-0.4, -0.2) is 16.7 Å². The van der Waals surface area contributed by atoms with Gasteiger partial charge in [0.2, 0.25) is 5.91 Å². The van der Waals surface area contributed by atoms with Crippen molar-refractivity contribution in [2.75, 3.05) is 0 Å². The first kappa shape index (κ1) is 19.4. The Hall–Kier alpha value is -3.40. The van der Waals surface area contributed by atoms with Crippen LogP contribution >= 0.6 is 0 Å². The molecule has 0 aliphatic rings. The topological polar surface area (TPSA) is 63.4 Å². The first-order valence-corrected chi connectivity index (χ1v) is 9.40. The number of nitrogens with zero attached hydrogens (tertiary/aromatic N) is 1. The minimum absolute atomic E-state index is 0.219. The Morgan fingerprint density at radius 1 is 0.786 bits per heavy atom. The van der Waals surface area contributed by atoms with Crippen LogP contribution < -0.4 is 5.73 Å². The first-order chi connectivity index (χ1) is 13.6. The molecule has 0 aliphatic carbocycles. The van der Waals surface area contributed by atoms with E-state index < -0.39 is 11.9 Å². The summed E-state index contributed by atoms with van der Waals surface area (Å²) >= 11 is 0. The fourth-order valence-corrected chi connectivity index (χ4v) is 3.53. The second-order valence-electron chi connectivity index (χ2n) is 6.63. The van der Waals surface area contributed by atoms with Gasteiger partial charge in [0, 0.05) is 5.56 Å². The Bertz CT molecular complexity index is 911. The minimum atomic E-state index is -0.862. The highest BCUT2D eigenvalue weighted by Gasteiger charge is 2.35. The van der Waals surface area contributed by atoms with Gasteiger partial charge in [-0.1, -0.05) is 85.8 Å². The lowest BCUT2D eigenvalue weighted by Gasteiger charge is -2.37. The van der Waals surface area contributed by atoms with E-state index in [1.165, 1.54) is 0 Å². The van der Waals surface area contributed by atoms with E-state index in [0.717, 1.165) is 5.56 Å². The number of hydrogen-bond donors (Lipinski definition) is 1. The molecule has 4 nitrogen and oxygen atoms in total. The van der Waals surface area contributed by atoms with Gasteiger partial charge in [0.05, 0.1) is 6.04 Å². The zero-order valence-electron chi connectivity index (χ0n) is 15.9. The number of primary amides is 1. The summed E-state index contributed by atoms with van der Waals surface area (Å²) in [6, 6.07) is 26.8. The molecule has 0 aliphatic heterocycles. The maximum absolute atomic E-state index is 13.6. The Labute approximate surface area is 165 Å². The minimum Gasteiger partial charge on any atom is -0.368 e. The molecule has 0 bridgehead atoms. The van der Waals surface area contributed by atoms with E-state index in [1.807, 2.05) is 85.8 Å². The summed E-state index contributed by atoms with van der Waals surface area (Å²) in [5.74, 6) is -0.770. The summed E-state index contributed by atoms with van der Waals surface area (Å²) in [4.78, 5) is 27.7. The number of rotatable bonds is 7. The van der Waals surface area contributed by atoms with Crippen molar-refractivity contribution < 1.29 is 9.59 Å². The normalized spacial score (nSPS) is 12.8. The zero-order chi connectivity index (χ0) is 19.9. The molecule has 0 spiro atoms. The maximum atomic E-state index is 13.6. The van der Waals surface area contributed by atoms with Gasteiger partial charge >= 0.3 is 0 Å². The summed E-state index contributed by atoms with van der Waals surface area (Å²) in [5, 5.41) is 0. The number of carbonyl (C=O) groups excluding carboxylic acids is 2. The van der Waals surface area contributed by atoms with Crippen molar-refractivity contribution in [2.24, 2.45) is 5.73 Å². The lowest BCUT2D eigenvalue weighted by atomic mass is 9.95. The average Bonchev–Trinajstić information content (AvgIpc) is 2.75. The van der Waals surface area contributed by atoms with Gasteiger partial charge in [0.25, 0.3) is 5.91 Å². The van der Waals surface area contributed by atoms with Gasteiger partial charge in [-0.15, -0.1) is 0 Å². The smallest absolute Gasteiger partial charge is 0.255 e. The van der Waals surface area contributed by atoms with E-state index >= 15 is 0 Å². The predicted molar refractivity (Wildman–Crippen MR) is 110 cm³/mol. The second-order valence-corrected chi connectivity index (χ2v) is 6.63. The zero-order valence-corrected chi connectivity index (χ0v) is 15.9. The first-order valence-electron chi connectivity index (χ1n) is 9.40. The Balaban J connectivity index is 2.15. The number of nitrogens with two attached hydrogens (primary N) is 1. The lowest BCUT2D eigenvalue weighted by molar-refractivity contribution is -0.123. The molecule has 28 heavy (non-hydrogen) atoms. The monoisotopic (exact) mass is 372 g/mol. The van der Waals surface area contributed by atoms with E-state index in [0.29, 0.717) is 17.5 Å². The molecule has 2 N–H and O–H groups in total. The van der Waals surface area contributed by atoms with Crippen LogP contribution in [0.15, 0.2) is 91.0 Å². The molecule has 142 valence electrons. The van der Waals surface area contributed by atoms with E-state index in [4.69, 9.17) is 5.73 Å². The van der Waals surface area contributed by atoms with Crippen molar-refractivity contribution in [3.05, 3.63) is 108 Å². The third-order valence-electron chi connectivity index (χ3n) is 4.83. The van der Waals surface area contributed by atoms with Crippen LogP contribution in [0, 0.1) is 0 Å². The largest absolute Gasteiger partial charge is 0.368 e. The molecule has 0 saturated carbocycles. The van der Waals surface area contributed by atoms with Gasteiger partial charge in [-0.05, 0) is 29.7 Å². The number of carbonyl (C=O) groups is 2. The van der Waals surface area contributed by atoms with Gasteiger partial charge < -0.3 is 10.6 Å². The summed E-state index contributed by atoms with van der Waals surface area (Å²) in [5.41, 5.74) is 8.02. The van der Waals surface area contributed by atoms with Crippen LogP contribution in [0.3, 0.4) is 0 Å². The molecule has 2 atom stereocenters. The van der Waals surface area contributed by atoms with Crippen molar-refractivity contribution in [1.29, 1.82) is 0 Å². The van der Waals surface area contributed by atoms with Crippen molar-refractivity contribution >= 4 is 11.8 Å². The molecule has 0 unspecified atom stereocenters. The molecule has 0 radical (unpaired) electrons. The van der Waals surface area contributed by atoms with Crippen molar-refractivity contribution in [3.8, 4) is 0 Å². The fraction of sp³-hybridized carbons (Fsp3) is 0.167. The lowest BCUT2D eigenvalue weighted by Crippen LogP contribution is -2.43. The number of amides is 2. The van der Waals surface area contributed by atoms with E-state index in [2.05, 4.69) is 0 Å². The average molecular weight is 372 g/mol. The van der Waals surface area contributed by atoms with Crippen LogP contribution in [0.5, 0.6) is 0 Å². The van der Waals surface area contributed by atoms with Crippen LogP contribution in [-0.2, 0) is 4.79 Å². The van der Waals surface area contributed by atoms with Crippen molar-refractivity contribution in [2.45, 2.75) is 25.4 Å². The SMILES string of the molecule is CC[C@H](c1ccccc1)N(C(=O)c1ccccc1)[C@H](C(N)=O)c1ccccc1. The van der Waals surface area contributed by atoms with Gasteiger partial charge in [-0.2, -0.15) is 0 Å². The number of hydrogen-bond acceptors (Lipinski definition) is 2. The standard InChI is InChI=1S/C24H24N2O2/c1-2-21(18-12-6-3-7-13-18)26(24(28)20-16-10-5-11-17-20)22(23(25)27)19-14-8-4-9-15-19/h3-17,21-22H,2H2,1H3,(H2,25,27)/t21-,22+/m1/s1. The molecule has 3 aromatic rings. The quantitative estimate of drug-likeness (QED) is 0.663. The molecule has 0 saturated heterocycles. The van der Waals surface area contributed by atoms with Crippen LogP contribution in [0.2, 0.25) is 0 Å². The highest BCUT2D eigenvalue weighted by Crippen LogP contribution is 2.34. The second kappa shape index (κ2) is 9.00.